The van der Waals surface area contributed by atoms with Crippen LogP contribution in [0.15, 0.2) is 0 Å². The van der Waals surface area contributed by atoms with Crippen LogP contribution in [0.1, 0.15) is 139 Å². The quantitative estimate of drug-likeness (QED) is 0.164. The predicted octanol–water partition coefficient (Wildman–Crippen LogP) is 7.00. The first-order valence-corrected chi connectivity index (χ1v) is 15.6. The van der Waals surface area contributed by atoms with Gasteiger partial charge in [-0.25, -0.2) is 0 Å². The molecule has 234 valence electrons. The van der Waals surface area contributed by atoms with Gasteiger partial charge in [-0.3, -0.25) is 9.59 Å². The number of rotatable bonds is 14. The lowest BCUT2D eigenvalue weighted by molar-refractivity contribution is -0.278. The lowest BCUT2D eigenvalue weighted by Crippen LogP contribution is -2.61. The summed E-state index contributed by atoms with van der Waals surface area (Å²) in [4.78, 5) is 36.8. The van der Waals surface area contributed by atoms with Gasteiger partial charge in [0.2, 0.25) is 0 Å². The van der Waals surface area contributed by atoms with Crippen molar-refractivity contribution in [2.45, 2.75) is 174 Å². The topological polar surface area (TPSA) is 77.5 Å². The molecule has 0 saturated carbocycles. The predicted molar refractivity (Wildman–Crippen MR) is 158 cm³/mol. The summed E-state index contributed by atoms with van der Waals surface area (Å²) in [5.74, 6) is -0.214. The molecule has 0 radical (unpaired) electrons. The molecule has 2 aliphatic rings. The molecule has 2 fully saturated rings. The fourth-order valence-corrected chi connectivity index (χ4v) is 7.68. The van der Waals surface area contributed by atoms with E-state index in [4.69, 9.17) is 19.1 Å². The van der Waals surface area contributed by atoms with Crippen molar-refractivity contribution in [1.82, 2.24) is 10.1 Å². The van der Waals surface area contributed by atoms with Crippen molar-refractivity contribution in [2.75, 3.05) is 14.2 Å². The molecule has 2 heterocycles. The van der Waals surface area contributed by atoms with Gasteiger partial charge in [0.25, 0.3) is 0 Å². The fourth-order valence-electron chi connectivity index (χ4n) is 7.68. The van der Waals surface area contributed by atoms with Crippen LogP contribution in [0, 0.1) is 5.92 Å². The van der Waals surface area contributed by atoms with E-state index in [0.29, 0.717) is 6.42 Å². The average molecular weight is 569 g/mol. The average Bonchev–Trinajstić information content (AvgIpc) is 2.78. The second-order valence-electron chi connectivity index (χ2n) is 14.6. The third kappa shape index (κ3) is 9.40. The number of carbonyl (C=O) groups is 2. The van der Waals surface area contributed by atoms with Crippen LogP contribution in [0.25, 0.3) is 0 Å². The van der Waals surface area contributed by atoms with Crippen molar-refractivity contribution in [3.8, 4) is 0 Å². The highest BCUT2D eigenvalue weighted by Crippen LogP contribution is 2.41. The van der Waals surface area contributed by atoms with E-state index in [1.54, 1.807) is 14.2 Å². The lowest BCUT2D eigenvalue weighted by atomic mass is 9.80. The molecule has 0 N–H and O–H groups in total. The van der Waals surface area contributed by atoms with Gasteiger partial charge >= 0.3 is 11.9 Å². The third-order valence-corrected chi connectivity index (χ3v) is 8.81. The zero-order valence-corrected chi connectivity index (χ0v) is 27.6. The summed E-state index contributed by atoms with van der Waals surface area (Å²) in [5.41, 5.74) is -0.799. The minimum absolute atomic E-state index is 0.0558. The largest absolute Gasteiger partial charge is 0.462 e. The molecule has 1 unspecified atom stereocenters. The molecule has 0 aliphatic carbocycles. The smallest absolute Gasteiger partial charge is 0.309 e. The van der Waals surface area contributed by atoms with Crippen LogP contribution >= 0.6 is 0 Å². The van der Waals surface area contributed by atoms with Gasteiger partial charge in [0.1, 0.15) is 12.2 Å². The van der Waals surface area contributed by atoms with Gasteiger partial charge in [0.05, 0.1) is 20.1 Å². The molecule has 0 aromatic carbocycles. The van der Waals surface area contributed by atoms with Crippen molar-refractivity contribution in [3.05, 3.63) is 0 Å². The van der Waals surface area contributed by atoms with E-state index >= 15 is 0 Å². The summed E-state index contributed by atoms with van der Waals surface area (Å²) in [5, 5.41) is 4.06. The monoisotopic (exact) mass is 568 g/mol. The maximum atomic E-state index is 13.0. The number of unbranched alkanes of at least 4 members (excludes halogenated alkanes) is 4. The molecule has 8 heteroatoms. The molecule has 1 atom stereocenters. The fraction of sp³-hybridized carbons (Fsp3) is 0.938. The van der Waals surface area contributed by atoms with Crippen LogP contribution in [0.3, 0.4) is 0 Å². The molecule has 2 rings (SSSR count). The Kier molecular flexibility index (Phi) is 12.5. The van der Waals surface area contributed by atoms with Crippen LogP contribution in [0.5, 0.6) is 0 Å². The van der Waals surface area contributed by atoms with E-state index in [2.05, 4.69) is 62.3 Å². The normalized spacial score (nSPS) is 24.0. The van der Waals surface area contributed by atoms with Crippen LogP contribution < -0.4 is 0 Å². The Morgan fingerprint density at radius 1 is 0.675 bits per heavy atom. The first kappa shape index (κ1) is 35.0. The van der Waals surface area contributed by atoms with Gasteiger partial charge in [-0.2, -0.15) is 10.1 Å². The van der Waals surface area contributed by atoms with Gasteiger partial charge in [-0.05, 0) is 74.7 Å². The minimum Gasteiger partial charge on any atom is -0.462 e. The zero-order valence-electron chi connectivity index (χ0n) is 27.6. The Morgan fingerprint density at radius 3 is 1.50 bits per heavy atom. The number of ether oxygens (including phenoxy) is 2. The van der Waals surface area contributed by atoms with Gasteiger partial charge in [0, 0.05) is 54.3 Å². The Morgan fingerprint density at radius 2 is 1.07 bits per heavy atom. The number of nitrogens with zero attached hydrogens (tertiary/aromatic N) is 2. The van der Waals surface area contributed by atoms with E-state index in [1.807, 2.05) is 10.1 Å². The SMILES string of the molecule is CCC(CCCCCCCC(=O)OC1CC(C)(C)N(OC)C(C)(C)C1)C(=O)OC1CC(C)(C)N(OC)C(C)(C)C1. The maximum absolute atomic E-state index is 13.0. The highest BCUT2D eigenvalue weighted by molar-refractivity contribution is 5.72. The van der Waals surface area contributed by atoms with E-state index < -0.39 is 0 Å². The van der Waals surface area contributed by atoms with Crippen molar-refractivity contribution < 1.29 is 28.7 Å². The third-order valence-electron chi connectivity index (χ3n) is 8.81. The molecule has 0 spiro atoms. The first-order chi connectivity index (χ1) is 18.5. The number of carbonyl (C=O) groups excluding carboxylic acids is 2. The van der Waals surface area contributed by atoms with Crippen molar-refractivity contribution in [1.29, 1.82) is 0 Å². The Labute approximate surface area is 244 Å². The molecule has 0 bridgehead atoms. The van der Waals surface area contributed by atoms with Crippen LogP contribution in [-0.2, 0) is 28.7 Å². The van der Waals surface area contributed by atoms with E-state index in [1.165, 1.54) is 0 Å². The highest BCUT2D eigenvalue weighted by atomic mass is 16.7. The van der Waals surface area contributed by atoms with Gasteiger partial charge in [-0.1, -0.05) is 32.6 Å². The zero-order chi connectivity index (χ0) is 30.4. The number of esters is 2. The van der Waals surface area contributed by atoms with Crippen LogP contribution in [0.4, 0.5) is 0 Å². The Bertz CT molecular complexity index is 788. The van der Waals surface area contributed by atoms with Gasteiger partial charge in [0.15, 0.2) is 0 Å². The molecule has 2 saturated heterocycles. The van der Waals surface area contributed by atoms with E-state index in [0.717, 1.165) is 70.6 Å². The van der Waals surface area contributed by atoms with Crippen molar-refractivity contribution in [3.63, 3.8) is 0 Å². The number of hydrogen-bond donors (Lipinski definition) is 0. The second kappa shape index (κ2) is 14.3. The number of hydrogen-bond acceptors (Lipinski definition) is 8. The molecule has 0 amide bonds. The molecule has 40 heavy (non-hydrogen) atoms. The van der Waals surface area contributed by atoms with E-state index in [-0.39, 0.29) is 52.2 Å². The summed E-state index contributed by atoms with van der Waals surface area (Å²) in [6.07, 6.45) is 9.94. The summed E-state index contributed by atoms with van der Waals surface area (Å²) in [6.45, 7) is 19.2. The second-order valence-corrected chi connectivity index (χ2v) is 14.6. The maximum Gasteiger partial charge on any atom is 0.309 e. The summed E-state index contributed by atoms with van der Waals surface area (Å²) < 4.78 is 11.9. The molecule has 2 aliphatic heterocycles. The van der Waals surface area contributed by atoms with Crippen LogP contribution in [0.2, 0.25) is 0 Å². The molecule has 0 aromatic heterocycles. The number of hydroxylamine groups is 4. The standard InChI is InChI=1S/C32H60N2O6/c1-12-24(28(36)40-26-22-31(6,7)34(38-11)32(8,9)23-26)18-16-14-13-15-17-19-27(35)39-25-20-29(2,3)33(37-10)30(4,5)21-25/h24-26H,12-23H2,1-11H3. The summed E-state index contributed by atoms with van der Waals surface area (Å²) >= 11 is 0. The summed E-state index contributed by atoms with van der Waals surface area (Å²) in [6, 6.07) is 0. The Balaban J connectivity index is 1.66. The summed E-state index contributed by atoms with van der Waals surface area (Å²) in [7, 11) is 3.42. The number of piperidine rings is 2. The van der Waals surface area contributed by atoms with Crippen molar-refractivity contribution >= 4 is 11.9 Å². The van der Waals surface area contributed by atoms with Gasteiger partial charge < -0.3 is 19.1 Å². The molecule has 0 aromatic rings. The minimum atomic E-state index is -0.204. The lowest BCUT2D eigenvalue weighted by Gasteiger charge is -2.52. The molecule has 8 nitrogen and oxygen atoms in total. The van der Waals surface area contributed by atoms with Crippen LogP contribution in [-0.4, -0.2) is 70.6 Å². The first-order valence-electron chi connectivity index (χ1n) is 15.6. The van der Waals surface area contributed by atoms with Gasteiger partial charge in [-0.15, -0.1) is 0 Å². The molecular weight excluding hydrogens is 508 g/mol. The van der Waals surface area contributed by atoms with Crippen molar-refractivity contribution in [2.24, 2.45) is 5.92 Å². The van der Waals surface area contributed by atoms with E-state index in [9.17, 15) is 9.59 Å². The molecular formula is C32H60N2O6. The highest BCUT2D eigenvalue weighted by Gasteiger charge is 2.48. The Hall–Kier alpha value is -1.22.